The van der Waals surface area contributed by atoms with Crippen LogP contribution in [0.3, 0.4) is 0 Å². The van der Waals surface area contributed by atoms with Gasteiger partial charge < -0.3 is 9.15 Å². The molecule has 0 amide bonds. The molecular formula is C16H18O3. The predicted octanol–water partition coefficient (Wildman–Crippen LogP) is 3.66. The van der Waals surface area contributed by atoms with Crippen LogP contribution in [-0.2, 0) is 11.2 Å². The van der Waals surface area contributed by atoms with Crippen LogP contribution < -0.4 is 0 Å². The zero-order valence-corrected chi connectivity index (χ0v) is 11.5. The van der Waals surface area contributed by atoms with Gasteiger partial charge in [0.1, 0.15) is 17.1 Å². The van der Waals surface area contributed by atoms with Crippen molar-refractivity contribution in [3.05, 3.63) is 58.5 Å². The fourth-order valence-corrected chi connectivity index (χ4v) is 2.17. The third-order valence-corrected chi connectivity index (χ3v) is 3.11. The Labute approximate surface area is 113 Å². The quantitative estimate of drug-likeness (QED) is 0.785. The van der Waals surface area contributed by atoms with Gasteiger partial charge >= 0.3 is 5.97 Å². The largest absolute Gasteiger partial charge is 0.465 e. The molecule has 2 rings (SSSR count). The monoisotopic (exact) mass is 258 g/mol. The Hall–Kier alpha value is -2.03. The Balaban J connectivity index is 2.29. The van der Waals surface area contributed by atoms with E-state index in [2.05, 4.69) is 0 Å². The number of hydrogen-bond donors (Lipinski definition) is 0. The molecule has 0 spiro atoms. The molecule has 0 radical (unpaired) electrons. The van der Waals surface area contributed by atoms with Gasteiger partial charge in [-0.15, -0.1) is 0 Å². The molecule has 3 nitrogen and oxygen atoms in total. The van der Waals surface area contributed by atoms with Crippen molar-refractivity contribution < 1.29 is 13.9 Å². The van der Waals surface area contributed by atoms with E-state index in [0.29, 0.717) is 24.4 Å². The van der Waals surface area contributed by atoms with Gasteiger partial charge in [0, 0.05) is 12.0 Å². The van der Waals surface area contributed by atoms with Gasteiger partial charge in [-0.3, -0.25) is 0 Å². The van der Waals surface area contributed by atoms with E-state index in [-0.39, 0.29) is 5.97 Å². The Kier molecular flexibility index (Phi) is 4.05. The number of esters is 1. The second kappa shape index (κ2) is 5.74. The minimum atomic E-state index is -0.305. The maximum atomic E-state index is 11.9. The van der Waals surface area contributed by atoms with Gasteiger partial charge in [0.25, 0.3) is 0 Å². The Morgan fingerprint density at radius 3 is 2.53 bits per heavy atom. The molecule has 0 N–H and O–H groups in total. The molecule has 0 fully saturated rings. The van der Waals surface area contributed by atoms with Gasteiger partial charge in [0.2, 0.25) is 0 Å². The summed E-state index contributed by atoms with van der Waals surface area (Å²) in [5, 5.41) is 0. The number of rotatable bonds is 4. The molecule has 0 bridgehead atoms. The molecule has 19 heavy (non-hydrogen) atoms. The maximum absolute atomic E-state index is 11.9. The number of hydrogen-bond acceptors (Lipinski definition) is 3. The number of benzene rings is 1. The lowest BCUT2D eigenvalue weighted by atomic mass is 10.1. The third kappa shape index (κ3) is 2.87. The summed E-state index contributed by atoms with van der Waals surface area (Å²) < 4.78 is 10.8. The highest BCUT2D eigenvalue weighted by Gasteiger charge is 2.21. The molecule has 3 heteroatoms. The summed E-state index contributed by atoms with van der Waals surface area (Å²) in [6.07, 6.45) is 0.687. The van der Waals surface area contributed by atoms with E-state index in [9.17, 15) is 4.79 Å². The number of carbonyl (C=O) groups excluding carboxylic acids is 1. The Morgan fingerprint density at radius 2 is 1.89 bits per heavy atom. The van der Waals surface area contributed by atoms with Crippen molar-refractivity contribution in [2.24, 2.45) is 0 Å². The Bertz CT molecular complexity index is 567. The minimum absolute atomic E-state index is 0.305. The number of aryl methyl sites for hydroxylation is 1. The highest BCUT2D eigenvalue weighted by Crippen LogP contribution is 2.24. The van der Waals surface area contributed by atoms with E-state index >= 15 is 0 Å². The van der Waals surface area contributed by atoms with Crippen LogP contribution in [0.4, 0.5) is 0 Å². The summed E-state index contributed by atoms with van der Waals surface area (Å²) in [6, 6.07) is 10.1. The smallest absolute Gasteiger partial charge is 0.341 e. The lowest BCUT2D eigenvalue weighted by Gasteiger charge is -2.01. The van der Waals surface area contributed by atoms with Crippen LogP contribution >= 0.6 is 0 Å². The van der Waals surface area contributed by atoms with E-state index in [1.165, 1.54) is 0 Å². The Morgan fingerprint density at radius 1 is 1.21 bits per heavy atom. The molecular weight excluding hydrogens is 240 g/mol. The third-order valence-electron chi connectivity index (χ3n) is 3.11. The normalized spacial score (nSPS) is 10.5. The van der Waals surface area contributed by atoms with E-state index in [0.717, 1.165) is 16.9 Å². The molecule has 0 atom stereocenters. The first-order valence-electron chi connectivity index (χ1n) is 6.43. The summed E-state index contributed by atoms with van der Waals surface area (Å²) in [7, 11) is 0. The van der Waals surface area contributed by atoms with E-state index in [4.69, 9.17) is 9.15 Å². The number of carbonyl (C=O) groups is 1. The molecule has 0 aliphatic heterocycles. The van der Waals surface area contributed by atoms with Crippen molar-refractivity contribution in [2.45, 2.75) is 27.2 Å². The fourth-order valence-electron chi connectivity index (χ4n) is 2.17. The van der Waals surface area contributed by atoms with Gasteiger partial charge in [-0.2, -0.15) is 0 Å². The van der Waals surface area contributed by atoms with Crippen LogP contribution in [0.25, 0.3) is 0 Å². The highest BCUT2D eigenvalue weighted by molar-refractivity contribution is 5.92. The van der Waals surface area contributed by atoms with E-state index in [1.54, 1.807) is 13.8 Å². The predicted molar refractivity (Wildman–Crippen MR) is 73.4 cm³/mol. The van der Waals surface area contributed by atoms with Gasteiger partial charge in [0.05, 0.1) is 6.61 Å². The molecule has 0 unspecified atom stereocenters. The SMILES string of the molecule is CCOC(=O)c1c(C)oc(Cc2ccccc2)c1C. The summed E-state index contributed by atoms with van der Waals surface area (Å²) in [5.74, 6) is 1.15. The summed E-state index contributed by atoms with van der Waals surface area (Å²) in [5.41, 5.74) is 2.60. The van der Waals surface area contributed by atoms with Crippen molar-refractivity contribution in [2.75, 3.05) is 6.61 Å². The van der Waals surface area contributed by atoms with Crippen LogP contribution in [0.5, 0.6) is 0 Å². The first-order valence-corrected chi connectivity index (χ1v) is 6.43. The molecule has 0 aliphatic carbocycles. The van der Waals surface area contributed by atoms with Gasteiger partial charge in [0.15, 0.2) is 0 Å². The minimum Gasteiger partial charge on any atom is -0.465 e. The highest BCUT2D eigenvalue weighted by atomic mass is 16.5. The average molecular weight is 258 g/mol. The topological polar surface area (TPSA) is 39.4 Å². The van der Waals surface area contributed by atoms with Gasteiger partial charge in [-0.1, -0.05) is 30.3 Å². The number of furan rings is 1. The second-order valence-electron chi connectivity index (χ2n) is 4.46. The standard InChI is InChI=1S/C16H18O3/c1-4-18-16(17)15-11(2)14(19-12(15)3)10-13-8-6-5-7-9-13/h5-9H,4,10H2,1-3H3. The summed E-state index contributed by atoms with van der Waals surface area (Å²) in [4.78, 5) is 11.9. The maximum Gasteiger partial charge on any atom is 0.341 e. The van der Waals surface area contributed by atoms with E-state index in [1.807, 2.05) is 37.3 Å². The van der Waals surface area contributed by atoms with Crippen molar-refractivity contribution in [1.82, 2.24) is 0 Å². The molecule has 1 aromatic carbocycles. The molecule has 0 saturated carbocycles. The van der Waals surface area contributed by atoms with Gasteiger partial charge in [-0.25, -0.2) is 4.79 Å². The van der Waals surface area contributed by atoms with Crippen molar-refractivity contribution in [3.8, 4) is 0 Å². The summed E-state index contributed by atoms with van der Waals surface area (Å²) >= 11 is 0. The molecule has 100 valence electrons. The zero-order chi connectivity index (χ0) is 13.8. The number of ether oxygens (including phenoxy) is 1. The van der Waals surface area contributed by atoms with Crippen LogP contribution in [0, 0.1) is 13.8 Å². The lowest BCUT2D eigenvalue weighted by Crippen LogP contribution is -2.06. The first-order chi connectivity index (χ1) is 9.13. The second-order valence-corrected chi connectivity index (χ2v) is 4.46. The van der Waals surface area contributed by atoms with Crippen LogP contribution in [0.2, 0.25) is 0 Å². The van der Waals surface area contributed by atoms with Crippen LogP contribution in [0.1, 0.15) is 39.9 Å². The van der Waals surface area contributed by atoms with Crippen molar-refractivity contribution in [1.29, 1.82) is 0 Å². The van der Waals surface area contributed by atoms with Crippen molar-refractivity contribution in [3.63, 3.8) is 0 Å². The zero-order valence-electron chi connectivity index (χ0n) is 11.5. The molecule has 0 aliphatic rings. The van der Waals surface area contributed by atoms with Gasteiger partial charge in [-0.05, 0) is 26.3 Å². The van der Waals surface area contributed by atoms with Crippen LogP contribution in [-0.4, -0.2) is 12.6 Å². The fraction of sp³-hybridized carbons (Fsp3) is 0.312. The molecule has 0 saturated heterocycles. The average Bonchev–Trinajstić information content (AvgIpc) is 2.66. The molecule has 2 aromatic rings. The van der Waals surface area contributed by atoms with Crippen molar-refractivity contribution >= 4 is 5.97 Å². The van der Waals surface area contributed by atoms with E-state index < -0.39 is 0 Å². The first kappa shape index (κ1) is 13.4. The molecule has 1 aromatic heterocycles. The molecule has 1 heterocycles. The van der Waals surface area contributed by atoms with Crippen LogP contribution in [0.15, 0.2) is 34.7 Å². The lowest BCUT2D eigenvalue weighted by molar-refractivity contribution is 0.0523. The summed E-state index contributed by atoms with van der Waals surface area (Å²) in [6.45, 7) is 5.87.